The highest BCUT2D eigenvalue weighted by molar-refractivity contribution is 7.92. The van der Waals surface area contributed by atoms with Gasteiger partial charge >= 0.3 is 0 Å². The van der Waals surface area contributed by atoms with E-state index in [1.165, 1.54) is 6.20 Å². The van der Waals surface area contributed by atoms with Crippen LogP contribution >= 0.6 is 0 Å². The molecular formula is C11H11F2N3O2S. The van der Waals surface area contributed by atoms with Gasteiger partial charge in [0.05, 0.1) is 11.1 Å². The number of benzene rings is 1. The first kappa shape index (κ1) is 13.5. The maximum absolute atomic E-state index is 13.0. The Labute approximate surface area is 108 Å². The lowest BCUT2D eigenvalue weighted by atomic mass is 10.3. The molecule has 102 valence electrons. The van der Waals surface area contributed by atoms with Gasteiger partial charge in [0, 0.05) is 5.56 Å². The summed E-state index contributed by atoms with van der Waals surface area (Å²) in [6, 6.07) is 2.37. The molecule has 0 saturated carbocycles. The Morgan fingerprint density at radius 2 is 2.05 bits per heavy atom. The van der Waals surface area contributed by atoms with Gasteiger partial charge < -0.3 is 0 Å². The number of aromatic nitrogens is 2. The number of halogens is 2. The highest BCUT2D eigenvalue weighted by Crippen LogP contribution is 2.19. The Morgan fingerprint density at radius 1 is 1.32 bits per heavy atom. The first-order valence-corrected chi connectivity index (χ1v) is 6.92. The minimum atomic E-state index is -3.98. The number of sulfonamides is 1. The zero-order valence-electron chi connectivity index (χ0n) is 9.94. The van der Waals surface area contributed by atoms with Crippen LogP contribution in [0.4, 0.5) is 14.6 Å². The molecule has 0 radical (unpaired) electrons. The molecule has 0 fully saturated rings. The summed E-state index contributed by atoms with van der Waals surface area (Å²) >= 11 is 0. The van der Waals surface area contributed by atoms with Gasteiger partial charge in [-0.1, -0.05) is 6.92 Å². The van der Waals surface area contributed by atoms with E-state index in [0.29, 0.717) is 18.1 Å². The van der Waals surface area contributed by atoms with E-state index in [9.17, 15) is 17.2 Å². The molecule has 1 aromatic carbocycles. The SMILES string of the molecule is CCc1cn[nH]c1NS(=O)(=O)c1ccc(F)c(F)c1. The van der Waals surface area contributed by atoms with Crippen molar-refractivity contribution >= 4 is 15.8 Å². The van der Waals surface area contributed by atoms with Gasteiger partial charge in [-0.2, -0.15) is 5.10 Å². The predicted octanol–water partition coefficient (Wildman–Crippen LogP) is 2.05. The molecule has 0 spiro atoms. The third kappa shape index (κ3) is 2.73. The molecule has 0 bridgehead atoms. The van der Waals surface area contributed by atoms with E-state index in [1.807, 2.05) is 6.92 Å². The fraction of sp³-hybridized carbons (Fsp3) is 0.182. The maximum Gasteiger partial charge on any atom is 0.263 e. The van der Waals surface area contributed by atoms with E-state index in [1.54, 1.807) is 0 Å². The van der Waals surface area contributed by atoms with Crippen molar-refractivity contribution in [2.24, 2.45) is 0 Å². The fourth-order valence-corrected chi connectivity index (χ4v) is 2.57. The number of rotatable bonds is 4. The third-order valence-electron chi connectivity index (χ3n) is 2.54. The zero-order valence-corrected chi connectivity index (χ0v) is 10.8. The molecule has 1 heterocycles. The Morgan fingerprint density at radius 3 is 2.68 bits per heavy atom. The summed E-state index contributed by atoms with van der Waals surface area (Å²) in [5.41, 5.74) is 0.672. The lowest BCUT2D eigenvalue weighted by Crippen LogP contribution is -2.14. The Hall–Kier alpha value is -1.96. The molecule has 19 heavy (non-hydrogen) atoms. The maximum atomic E-state index is 13.0. The second-order valence-corrected chi connectivity index (χ2v) is 5.49. The molecule has 2 N–H and O–H groups in total. The average molecular weight is 287 g/mol. The van der Waals surface area contributed by atoms with Crippen LogP contribution in [0.15, 0.2) is 29.3 Å². The van der Waals surface area contributed by atoms with Crippen LogP contribution in [0.2, 0.25) is 0 Å². The van der Waals surface area contributed by atoms with Gasteiger partial charge in [-0.15, -0.1) is 0 Å². The number of aromatic amines is 1. The summed E-state index contributed by atoms with van der Waals surface area (Å²) in [4.78, 5) is -0.358. The molecule has 0 unspecified atom stereocenters. The molecule has 2 aromatic rings. The molecule has 5 nitrogen and oxygen atoms in total. The number of hydrogen-bond acceptors (Lipinski definition) is 3. The normalized spacial score (nSPS) is 11.5. The first-order valence-electron chi connectivity index (χ1n) is 5.44. The second-order valence-electron chi connectivity index (χ2n) is 3.81. The number of nitrogens with zero attached hydrogens (tertiary/aromatic N) is 1. The van der Waals surface area contributed by atoms with Gasteiger partial charge in [0.1, 0.15) is 5.82 Å². The summed E-state index contributed by atoms with van der Waals surface area (Å²) in [7, 11) is -3.98. The third-order valence-corrected chi connectivity index (χ3v) is 3.88. The van der Waals surface area contributed by atoms with Crippen molar-refractivity contribution in [3.63, 3.8) is 0 Å². The van der Waals surface area contributed by atoms with Crippen molar-refractivity contribution in [2.75, 3.05) is 4.72 Å². The Balaban J connectivity index is 2.35. The predicted molar refractivity (Wildman–Crippen MR) is 65.1 cm³/mol. The molecule has 1 aromatic heterocycles. The molecule has 0 aliphatic heterocycles. The van der Waals surface area contributed by atoms with Crippen LogP contribution in [-0.2, 0) is 16.4 Å². The van der Waals surface area contributed by atoms with E-state index < -0.39 is 21.7 Å². The van der Waals surface area contributed by atoms with Crippen molar-refractivity contribution in [1.82, 2.24) is 10.2 Å². The average Bonchev–Trinajstić information content (AvgIpc) is 2.79. The standard InChI is InChI=1S/C11H11F2N3O2S/c1-2-7-6-14-15-11(7)16-19(17,18)8-3-4-9(12)10(13)5-8/h3-6H,2H2,1H3,(H2,14,15,16). The first-order chi connectivity index (χ1) is 8.94. The summed E-state index contributed by atoms with van der Waals surface area (Å²) in [6.07, 6.45) is 2.06. The number of aryl methyl sites for hydroxylation is 1. The monoisotopic (exact) mass is 287 g/mol. The summed E-state index contributed by atoms with van der Waals surface area (Å²) in [6.45, 7) is 1.83. The lowest BCUT2D eigenvalue weighted by molar-refractivity contribution is 0.504. The molecule has 0 amide bonds. The second kappa shape index (κ2) is 4.96. The summed E-state index contributed by atoms with van der Waals surface area (Å²) < 4.78 is 52.0. The van der Waals surface area contributed by atoms with Gasteiger partial charge in [0.15, 0.2) is 11.6 Å². The van der Waals surface area contributed by atoms with Gasteiger partial charge in [-0.25, -0.2) is 17.2 Å². The van der Waals surface area contributed by atoms with Gasteiger partial charge in [0.25, 0.3) is 10.0 Å². The van der Waals surface area contributed by atoms with E-state index in [2.05, 4.69) is 14.9 Å². The molecule has 0 atom stereocenters. The zero-order chi connectivity index (χ0) is 14.0. The number of nitrogens with one attached hydrogen (secondary N) is 2. The molecule has 8 heteroatoms. The largest absolute Gasteiger partial charge is 0.264 e. The van der Waals surface area contributed by atoms with Crippen molar-refractivity contribution in [3.8, 4) is 0 Å². The molecular weight excluding hydrogens is 276 g/mol. The van der Waals surface area contributed by atoms with Crippen molar-refractivity contribution in [1.29, 1.82) is 0 Å². The van der Waals surface area contributed by atoms with Crippen LogP contribution in [0.3, 0.4) is 0 Å². The van der Waals surface area contributed by atoms with Gasteiger partial charge in [-0.3, -0.25) is 9.82 Å². The highest BCUT2D eigenvalue weighted by atomic mass is 32.2. The van der Waals surface area contributed by atoms with E-state index in [0.717, 1.165) is 12.1 Å². The van der Waals surface area contributed by atoms with Crippen LogP contribution in [0.25, 0.3) is 0 Å². The number of H-pyrrole nitrogens is 1. The van der Waals surface area contributed by atoms with Crippen LogP contribution < -0.4 is 4.72 Å². The molecule has 0 aliphatic carbocycles. The summed E-state index contributed by atoms with van der Waals surface area (Å²) in [5, 5.41) is 6.22. The van der Waals surface area contributed by atoms with Gasteiger partial charge in [0.2, 0.25) is 0 Å². The topological polar surface area (TPSA) is 74.8 Å². The van der Waals surface area contributed by atoms with E-state index in [4.69, 9.17) is 0 Å². The smallest absolute Gasteiger partial charge is 0.263 e. The quantitative estimate of drug-likeness (QED) is 0.903. The van der Waals surface area contributed by atoms with Crippen molar-refractivity contribution in [3.05, 3.63) is 41.6 Å². The van der Waals surface area contributed by atoms with Gasteiger partial charge in [-0.05, 0) is 24.6 Å². The van der Waals surface area contributed by atoms with Crippen molar-refractivity contribution < 1.29 is 17.2 Å². The van der Waals surface area contributed by atoms with Crippen LogP contribution in [0.1, 0.15) is 12.5 Å². The molecule has 2 rings (SSSR count). The van der Waals surface area contributed by atoms with E-state index in [-0.39, 0.29) is 10.7 Å². The fourth-order valence-electron chi connectivity index (χ4n) is 1.50. The molecule has 0 saturated heterocycles. The Kier molecular flexibility index (Phi) is 3.52. The van der Waals surface area contributed by atoms with E-state index >= 15 is 0 Å². The van der Waals surface area contributed by atoms with Crippen molar-refractivity contribution in [2.45, 2.75) is 18.2 Å². The van der Waals surface area contributed by atoms with Crippen LogP contribution in [0, 0.1) is 11.6 Å². The van der Waals surface area contributed by atoms with Crippen LogP contribution in [-0.4, -0.2) is 18.6 Å². The number of anilines is 1. The lowest BCUT2D eigenvalue weighted by Gasteiger charge is -2.07. The Bertz CT molecular complexity index is 698. The minimum absolute atomic E-state index is 0.215. The number of hydrogen-bond donors (Lipinski definition) is 2. The van der Waals surface area contributed by atoms with Crippen LogP contribution in [0.5, 0.6) is 0 Å². The minimum Gasteiger partial charge on any atom is -0.264 e. The molecule has 0 aliphatic rings. The highest BCUT2D eigenvalue weighted by Gasteiger charge is 2.18. The summed E-state index contributed by atoms with van der Waals surface area (Å²) in [5.74, 6) is -2.11.